The summed E-state index contributed by atoms with van der Waals surface area (Å²) in [7, 11) is 2.32. The van der Waals surface area contributed by atoms with Gasteiger partial charge in [-0.3, -0.25) is 0 Å². The lowest BCUT2D eigenvalue weighted by Crippen LogP contribution is -2.18. The third-order valence-corrected chi connectivity index (χ3v) is 4.24. The van der Waals surface area contributed by atoms with Crippen LogP contribution in [0.1, 0.15) is 11.1 Å². The van der Waals surface area contributed by atoms with Gasteiger partial charge in [0.2, 0.25) is 0 Å². The first kappa shape index (κ1) is 23.2. The molecule has 0 amide bonds. The Hall–Kier alpha value is -4.11. The topological polar surface area (TPSA) is 79.6 Å². The van der Waals surface area contributed by atoms with Gasteiger partial charge < -0.3 is 14.4 Å². The summed E-state index contributed by atoms with van der Waals surface area (Å²) in [4.78, 5) is 25.7. The molecule has 0 saturated carbocycles. The second kappa shape index (κ2) is 12.5. The second-order valence-electron chi connectivity index (χ2n) is 6.47. The van der Waals surface area contributed by atoms with Crippen LogP contribution in [-0.4, -0.2) is 37.6 Å². The van der Waals surface area contributed by atoms with E-state index in [0.29, 0.717) is 13.1 Å². The average Bonchev–Trinajstić information content (AvgIpc) is 2.81. The molecule has 0 spiro atoms. The quantitative estimate of drug-likeness (QED) is 0.154. The van der Waals surface area contributed by atoms with Crippen LogP contribution in [0.5, 0.6) is 0 Å². The number of ether oxygens (including phenoxy) is 2. The molecule has 6 heteroatoms. The molecule has 2 aromatic carbocycles. The van der Waals surface area contributed by atoms with Crippen LogP contribution in [0.2, 0.25) is 0 Å². The standard InChI is InChI=1S/C25H24N2O4/c1-30-24(28)23(25(29)31-2)16-22(17-26)19-27(18-21-12-7-4-8-13-21)15-9-14-20-10-5-3-6-11-20/h3-14,16,19H,15,18H2,1-2H3/b14-9+,22-19-. The van der Waals surface area contributed by atoms with E-state index in [0.717, 1.165) is 25.3 Å². The molecule has 0 bridgehead atoms. The van der Waals surface area contributed by atoms with E-state index in [1.165, 1.54) is 6.08 Å². The van der Waals surface area contributed by atoms with E-state index in [4.69, 9.17) is 0 Å². The molecule has 0 saturated heterocycles. The van der Waals surface area contributed by atoms with E-state index in [2.05, 4.69) is 9.47 Å². The van der Waals surface area contributed by atoms with E-state index in [1.807, 2.05) is 83.8 Å². The van der Waals surface area contributed by atoms with Crippen molar-refractivity contribution < 1.29 is 19.1 Å². The molecule has 0 aromatic heterocycles. The van der Waals surface area contributed by atoms with Crippen LogP contribution < -0.4 is 0 Å². The molecule has 2 aromatic rings. The zero-order valence-corrected chi connectivity index (χ0v) is 17.5. The zero-order chi connectivity index (χ0) is 22.5. The highest BCUT2D eigenvalue weighted by molar-refractivity contribution is 6.14. The summed E-state index contributed by atoms with van der Waals surface area (Å²) < 4.78 is 9.25. The van der Waals surface area contributed by atoms with Gasteiger partial charge in [-0.2, -0.15) is 5.26 Å². The molecule has 158 valence electrons. The minimum absolute atomic E-state index is 0.120. The summed E-state index contributed by atoms with van der Waals surface area (Å²) in [5, 5.41) is 9.59. The van der Waals surface area contributed by atoms with Crippen LogP contribution in [-0.2, 0) is 25.6 Å². The van der Waals surface area contributed by atoms with Crippen LogP contribution in [0.4, 0.5) is 0 Å². The molecule has 31 heavy (non-hydrogen) atoms. The third kappa shape index (κ3) is 7.67. The summed E-state index contributed by atoms with van der Waals surface area (Å²) in [6.45, 7) is 1.04. The van der Waals surface area contributed by atoms with Crippen LogP contribution in [0, 0.1) is 11.3 Å². The molecule has 0 N–H and O–H groups in total. The Bertz CT molecular complexity index is 985. The molecule has 0 heterocycles. The zero-order valence-electron chi connectivity index (χ0n) is 17.5. The summed E-state index contributed by atoms with van der Waals surface area (Å²) in [5.41, 5.74) is 1.88. The van der Waals surface area contributed by atoms with Crippen molar-refractivity contribution in [2.24, 2.45) is 0 Å². The van der Waals surface area contributed by atoms with E-state index >= 15 is 0 Å². The van der Waals surface area contributed by atoms with Crippen molar-refractivity contribution in [3.8, 4) is 6.07 Å². The van der Waals surface area contributed by atoms with E-state index < -0.39 is 11.9 Å². The number of benzene rings is 2. The van der Waals surface area contributed by atoms with Crippen molar-refractivity contribution in [1.29, 1.82) is 5.26 Å². The Morgan fingerprint density at radius 1 is 0.968 bits per heavy atom. The van der Waals surface area contributed by atoms with Gasteiger partial charge in [0.15, 0.2) is 0 Å². The number of hydrogen-bond donors (Lipinski definition) is 0. The Kier molecular flexibility index (Phi) is 9.31. The van der Waals surface area contributed by atoms with Crippen LogP contribution in [0.3, 0.4) is 0 Å². The largest absolute Gasteiger partial charge is 0.465 e. The van der Waals surface area contributed by atoms with Gasteiger partial charge >= 0.3 is 11.9 Å². The number of rotatable bonds is 9. The number of nitrogens with zero attached hydrogens (tertiary/aromatic N) is 2. The summed E-state index contributed by atoms with van der Waals surface area (Å²) in [6, 6.07) is 21.7. The smallest absolute Gasteiger partial charge is 0.345 e. The SMILES string of the molecule is COC(=O)C(=C/C(C#N)=C/N(C/C=C/c1ccccc1)Cc1ccccc1)C(=O)OC. The van der Waals surface area contributed by atoms with Gasteiger partial charge in [0.25, 0.3) is 0 Å². The molecule has 0 aliphatic heterocycles. The first-order valence-corrected chi connectivity index (χ1v) is 9.57. The van der Waals surface area contributed by atoms with Gasteiger partial charge in [-0.05, 0) is 17.2 Å². The molecule has 0 aliphatic rings. The Balaban J connectivity index is 2.33. The Morgan fingerprint density at radius 2 is 1.55 bits per heavy atom. The van der Waals surface area contributed by atoms with Gasteiger partial charge in [0.05, 0.1) is 19.8 Å². The van der Waals surface area contributed by atoms with E-state index in [-0.39, 0.29) is 11.1 Å². The molecule has 0 unspecified atom stereocenters. The van der Waals surface area contributed by atoms with Crippen LogP contribution >= 0.6 is 0 Å². The Labute approximate surface area is 182 Å². The van der Waals surface area contributed by atoms with E-state index in [9.17, 15) is 14.9 Å². The summed E-state index contributed by atoms with van der Waals surface area (Å²) in [5.74, 6) is -1.74. The fourth-order valence-electron chi connectivity index (χ4n) is 2.74. The van der Waals surface area contributed by atoms with Gasteiger partial charge in [-0.15, -0.1) is 0 Å². The van der Waals surface area contributed by atoms with Gasteiger partial charge in [-0.1, -0.05) is 72.8 Å². The Morgan fingerprint density at radius 3 is 2.10 bits per heavy atom. The highest BCUT2D eigenvalue weighted by atomic mass is 16.5. The van der Waals surface area contributed by atoms with Crippen molar-refractivity contribution in [1.82, 2.24) is 4.90 Å². The number of carbonyl (C=O) groups excluding carboxylic acids is 2. The second-order valence-corrected chi connectivity index (χ2v) is 6.47. The minimum Gasteiger partial charge on any atom is -0.465 e. The highest BCUT2D eigenvalue weighted by Gasteiger charge is 2.20. The fraction of sp³-hybridized carbons (Fsp3) is 0.160. The molecule has 0 fully saturated rings. The lowest BCUT2D eigenvalue weighted by molar-refractivity contribution is -0.144. The van der Waals surface area contributed by atoms with Gasteiger partial charge in [0.1, 0.15) is 11.6 Å². The number of hydrogen-bond acceptors (Lipinski definition) is 6. The maximum Gasteiger partial charge on any atom is 0.345 e. The van der Waals surface area contributed by atoms with Crippen molar-refractivity contribution in [2.45, 2.75) is 6.54 Å². The first-order chi connectivity index (χ1) is 15.1. The van der Waals surface area contributed by atoms with Crippen LogP contribution in [0.25, 0.3) is 6.08 Å². The molecule has 2 rings (SSSR count). The molecular weight excluding hydrogens is 392 g/mol. The van der Waals surface area contributed by atoms with Gasteiger partial charge in [-0.25, -0.2) is 9.59 Å². The van der Waals surface area contributed by atoms with Crippen LogP contribution in [0.15, 0.2) is 90.2 Å². The maximum atomic E-state index is 11.9. The number of nitriles is 1. The minimum atomic E-state index is -0.869. The summed E-state index contributed by atoms with van der Waals surface area (Å²) >= 11 is 0. The highest BCUT2D eigenvalue weighted by Crippen LogP contribution is 2.12. The lowest BCUT2D eigenvalue weighted by atomic mass is 10.1. The molecule has 0 aliphatic carbocycles. The lowest BCUT2D eigenvalue weighted by Gasteiger charge is -2.19. The van der Waals surface area contributed by atoms with Crippen molar-refractivity contribution in [3.05, 3.63) is 101 Å². The normalized spacial score (nSPS) is 10.8. The number of carbonyl (C=O) groups is 2. The number of esters is 2. The monoisotopic (exact) mass is 416 g/mol. The van der Waals surface area contributed by atoms with Crippen molar-refractivity contribution >= 4 is 18.0 Å². The fourth-order valence-corrected chi connectivity index (χ4v) is 2.74. The molecule has 6 nitrogen and oxygen atoms in total. The van der Waals surface area contributed by atoms with Gasteiger partial charge in [0, 0.05) is 19.3 Å². The molecular formula is C25H24N2O4. The first-order valence-electron chi connectivity index (χ1n) is 9.57. The van der Waals surface area contributed by atoms with Crippen molar-refractivity contribution in [2.75, 3.05) is 20.8 Å². The van der Waals surface area contributed by atoms with E-state index in [1.54, 1.807) is 6.20 Å². The summed E-state index contributed by atoms with van der Waals surface area (Å²) in [6.07, 6.45) is 6.75. The average molecular weight is 416 g/mol. The maximum absolute atomic E-state index is 11.9. The number of methoxy groups -OCH3 is 2. The van der Waals surface area contributed by atoms with Crippen molar-refractivity contribution in [3.63, 3.8) is 0 Å². The third-order valence-electron chi connectivity index (χ3n) is 4.24. The number of allylic oxidation sites excluding steroid dienone is 2. The predicted molar refractivity (Wildman–Crippen MR) is 118 cm³/mol. The molecule has 0 atom stereocenters. The molecule has 0 radical (unpaired) electrons. The predicted octanol–water partition coefficient (Wildman–Crippen LogP) is 3.88.